The predicted molar refractivity (Wildman–Crippen MR) is 56.8 cm³/mol. The van der Waals surface area contributed by atoms with Crippen molar-refractivity contribution in [1.29, 1.82) is 0 Å². The molecule has 1 nitrogen and oxygen atoms in total. The zero-order chi connectivity index (χ0) is 9.10. The summed E-state index contributed by atoms with van der Waals surface area (Å²) in [5.74, 6) is 0. The van der Waals surface area contributed by atoms with Crippen LogP contribution in [-0.2, 0) is 0 Å². The van der Waals surface area contributed by atoms with Crippen molar-refractivity contribution < 1.29 is 0 Å². The van der Waals surface area contributed by atoms with Crippen molar-refractivity contribution in [1.82, 2.24) is 0 Å². The van der Waals surface area contributed by atoms with Crippen LogP contribution in [-0.4, -0.2) is 6.21 Å². The van der Waals surface area contributed by atoms with Crippen molar-refractivity contribution >= 4 is 23.9 Å². The molecule has 0 fully saturated rings. The summed E-state index contributed by atoms with van der Waals surface area (Å²) in [6.07, 6.45) is 5.45. The van der Waals surface area contributed by atoms with Gasteiger partial charge < -0.3 is 0 Å². The van der Waals surface area contributed by atoms with E-state index >= 15 is 0 Å². The van der Waals surface area contributed by atoms with Gasteiger partial charge in [0.2, 0.25) is 0 Å². The van der Waals surface area contributed by atoms with Gasteiger partial charge in [-0.3, -0.25) is 4.99 Å². The van der Waals surface area contributed by atoms with E-state index in [0.717, 1.165) is 11.3 Å². The third-order valence-electron chi connectivity index (χ3n) is 1.78. The Bertz CT molecular complexity index is 388. The van der Waals surface area contributed by atoms with E-state index in [1.165, 1.54) is 0 Å². The van der Waals surface area contributed by atoms with E-state index in [0.29, 0.717) is 5.03 Å². The molecule has 0 radical (unpaired) electrons. The van der Waals surface area contributed by atoms with Gasteiger partial charge in [-0.1, -0.05) is 41.9 Å². The van der Waals surface area contributed by atoms with Crippen LogP contribution in [0.25, 0.3) is 6.08 Å². The molecule has 13 heavy (non-hydrogen) atoms. The third-order valence-corrected chi connectivity index (χ3v) is 2.10. The Hall–Kier alpha value is -1.34. The lowest BCUT2D eigenvalue weighted by Gasteiger charge is -1.95. The average Bonchev–Trinajstić information content (AvgIpc) is 2.54. The number of nitrogens with zero attached hydrogens (tertiary/aromatic N) is 1. The predicted octanol–water partition coefficient (Wildman–Crippen LogP) is 3.23. The fourth-order valence-electron chi connectivity index (χ4n) is 1.14. The molecule has 2 heteroatoms. The third kappa shape index (κ3) is 1.87. The summed E-state index contributed by atoms with van der Waals surface area (Å²) in [6, 6.07) is 10.00. The van der Waals surface area contributed by atoms with Crippen LogP contribution in [0.2, 0.25) is 0 Å². The van der Waals surface area contributed by atoms with Crippen LogP contribution < -0.4 is 0 Å². The fraction of sp³-hybridized carbons (Fsp3) is 0. The van der Waals surface area contributed by atoms with E-state index < -0.39 is 0 Å². The van der Waals surface area contributed by atoms with Gasteiger partial charge in [-0.15, -0.1) is 0 Å². The van der Waals surface area contributed by atoms with Crippen LogP contribution in [0.15, 0.2) is 52.1 Å². The van der Waals surface area contributed by atoms with Crippen LogP contribution in [0, 0.1) is 0 Å². The van der Waals surface area contributed by atoms with Gasteiger partial charge in [0.15, 0.2) is 0 Å². The number of hydrogen-bond acceptors (Lipinski definition) is 1. The van der Waals surface area contributed by atoms with E-state index in [2.05, 4.69) is 4.99 Å². The highest BCUT2D eigenvalue weighted by Gasteiger charge is 2.03. The van der Waals surface area contributed by atoms with Crippen LogP contribution in [0.5, 0.6) is 0 Å². The van der Waals surface area contributed by atoms with Crippen molar-refractivity contribution in [2.24, 2.45) is 4.99 Å². The normalized spacial score (nSPS) is 17.9. The first kappa shape index (κ1) is 8.27. The maximum absolute atomic E-state index is 5.90. The van der Waals surface area contributed by atoms with E-state index in [4.69, 9.17) is 11.6 Å². The van der Waals surface area contributed by atoms with Gasteiger partial charge in [-0.25, -0.2) is 0 Å². The Morgan fingerprint density at radius 2 is 1.92 bits per heavy atom. The minimum Gasteiger partial charge on any atom is -0.255 e. The maximum Gasteiger partial charge on any atom is 0.0822 e. The minimum atomic E-state index is 0.698. The molecular formula is C11H8ClN. The summed E-state index contributed by atoms with van der Waals surface area (Å²) in [5, 5.41) is 0.698. The monoisotopic (exact) mass is 189 g/mol. The van der Waals surface area contributed by atoms with Gasteiger partial charge in [0, 0.05) is 6.21 Å². The van der Waals surface area contributed by atoms with Gasteiger partial charge in [-0.05, 0) is 17.7 Å². The molecule has 1 aliphatic heterocycles. The molecule has 0 saturated heterocycles. The molecule has 0 saturated carbocycles. The topological polar surface area (TPSA) is 12.4 Å². The van der Waals surface area contributed by atoms with Gasteiger partial charge in [0.05, 0.1) is 10.7 Å². The number of aliphatic imine (C=N–C) groups is 1. The lowest BCUT2D eigenvalue weighted by atomic mass is 10.2. The van der Waals surface area contributed by atoms with Crippen LogP contribution in [0.3, 0.4) is 0 Å². The molecule has 2 rings (SSSR count). The summed E-state index contributed by atoms with van der Waals surface area (Å²) in [4.78, 5) is 4.12. The number of benzene rings is 1. The van der Waals surface area contributed by atoms with Crippen molar-refractivity contribution in [2.45, 2.75) is 0 Å². The molecule has 0 bridgehead atoms. The number of hydrogen-bond donors (Lipinski definition) is 0. The zero-order valence-corrected chi connectivity index (χ0v) is 7.70. The highest BCUT2D eigenvalue weighted by Crippen LogP contribution is 2.22. The maximum atomic E-state index is 5.90. The van der Waals surface area contributed by atoms with E-state index in [9.17, 15) is 0 Å². The van der Waals surface area contributed by atoms with E-state index in [-0.39, 0.29) is 0 Å². The molecule has 1 aromatic carbocycles. The Kier molecular flexibility index (Phi) is 2.28. The van der Waals surface area contributed by atoms with Gasteiger partial charge in [-0.2, -0.15) is 0 Å². The second-order valence-corrected chi connectivity index (χ2v) is 3.14. The molecule has 1 aliphatic rings. The number of halogens is 1. The van der Waals surface area contributed by atoms with Crippen molar-refractivity contribution in [3.63, 3.8) is 0 Å². The summed E-state index contributed by atoms with van der Waals surface area (Å²) in [5.41, 5.74) is 1.94. The van der Waals surface area contributed by atoms with Gasteiger partial charge in [0.1, 0.15) is 0 Å². The molecule has 1 heterocycles. The summed E-state index contributed by atoms with van der Waals surface area (Å²) in [7, 11) is 0. The van der Waals surface area contributed by atoms with Crippen LogP contribution >= 0.6 is 11.6 Å². The first-order valence-electron chi connectivity index (χ1n) is 4.03. The number of rotatable bonds is 1. The first-order valence-corrected chi connectivity index (χ1v) is 4.41. The molecule has 0 unspecified atom stereocenters. The van der Waals surface area contributed by atoms with Gasteiger partial charge >= 0.3 is 0 Å². The summed E-state index contributed by atoms with van der Waals surface area (Å²) in [6.45, 7) is 0. The lowest BCUT2D eigenvalue weighted by molar-refractivity contribution is 1.47. The Balaban J connectivity index is 2.32. The van der Waals surface area contributed by atoms with Crippen LogP contribution in [0.4, 0.5) is 0 Å². The van der Waals surface area contributed by atoms with E-state index in [1.54, 1.807) is 12.3 Å². The van der Waals surface area contributed by atoms with Crippen LogP contribution in [0.1, 0.15) is 5.56 Å². The quantitative estimate of drug-likeness (QED) is 0.643. The molecule has 0 N–H and O–H groups in total. The lowest BCUT2D eigenvalue weighted by Crippen LogP contribution is -1.74. The first-order chi connectivity index (χ1) is 6.36. The SMILES string of the molecule is ClC1=CC=NC1=Cc1ccccc1. The molecular weight excluding hydrogens is 182 g/mol. The number of allylic oxidation sites excluding steroid dienone is 2. The largest absolute Gasteiger partial charge is 0.255 e. The minimum absolute atomic E-state index is 0.698. The standard InChI is InChI=1S/C11H8ClN/c12-10-6-7-13-11(10)8-9-4-2-1-3-5-9/h1-8H. The summed E-state index contributed by atoms with van der Waals surface area (Å²) < 4.78 is 0. The van der Waals surface area contributed by atoms with Crippen molar-refractivity contribution in [3.8, 4) is 0 Å². The smallest absolute Gasteiger partial charge is 0.0822 e. The molecule has 0 spiro atoms. The average molecular weight is 190 g/mol. The van der Waals surface area contributed by atoms with Gasteiger partial charge in [0.25, 0.3) is 0 Å². The Morgan fingerprint density at radius 3 is 2.54 bits per heavy atom. The fourth-order valence-corrected chi connectivity index (χ4v) is 1.30. The molecule has 0 atom stereocenters. The van der Waals surface area contributed by atoms with Crippen molar-refractivity contribution in [2.75, 3.05) is 0 Å². The molecule has 0 aromatic heterocycles. The highest BCUT2D eigenvalue weighted by molar-refractivity contribution is 6.34. The van der Waals surface area contributed by atoms with Crippen molar-refractivity contribution in [3.05, 3.63) is 52.7 Å². The van der Waals surface area contributed by atoms with E-state index in [1.807, 2.05) is 36.4 Å². The molecule has 64 valence electrons. The molecule has 0 amide bonds. The summed E-state index contributed by atoms with van der Waals surface area (Å²) >= 11 is 5.90. The highest BCUT2D eigenvalue weighted by atomic mass is 35.5. The Morgan fingerprint density at radius 1 is 1.15 bits per heavy atom. The molecule has 0 aliphatic carbocycles. The Labute approximate surface area is 82.1 Å². The molecule has 1 aromatic rings. The second kappa shape index (κ2) is 3.58. The zero-order valence-electron chi connectivity index (χ0n) is 6.94. The second-order valence-electron chi connectivity index (χ2n) is 2.73.